The largest absolute Gasteiger partial charge is 0.373 e. The average molecular weight is 247 g/mol. The Morgan fingerprint density at radius 3 is 2.11 bits per heavy atom. The fourth-order valence-corrected chi connectivity index (χ4v) is 2.03. The van der Waals surface area contributed by atoms with Crippen LogP contribution in [0.5, 0.6) is 0 Å². The lowest BCUT2D eigenvalue weighted by atomic mass is 9.99. The van der Waals surface area contributed by atoms with Gasteiger partial charge in [-0.15, -0.1) is 0 Å². The molecule has 3 N–H and O–H groups in total. The van der Waals surface area contributed by atoms with Crippen LogP contribution in [0.4, 0.5) is 0 Å². The molecule has 1 amide bonds. The molecule has 0 saturated carbocycles. The number of hydrazine groups is 1. The minimum Gasteiger partial charge on any atom is -0.373 e. The summed E-state index contributed by atoms with van der Waals surface area (Å²) in [7, 11) is 3.64. The van der Waals surface area contributed by atoms with E-state index in [2.05, 4.69) is 24.5 Å². The summed E-state index contributed by atoms with van der Waals surface area (Å²) in [4.78, 5) is 13.5. The monoisotopic (exact) mass is 247 g/mol. The first-order valence-corrected chi connectivity index (χ1v) is 5.84. The van der Waals surface area contributed by atoms with Gasteiger partial charge >= 0.3 is 0 Å². The smallest absolute Gasteiger partial charge is 0.281 e. The van der Waals surface area contributed by atoms with Gasteiger partial charge in [0.2, 0.25) is 0 Å². The lowest BCUT2D eigenvalue weighted by Gasteiger charge is -2.17. The van der Waals surface area contributed by atoms with Crippen molar-refractivity contribution in [3.8, 4) is 0 Å². The molecule has 0 heterocycles. The van der Waals surface area contributed by atoms with E-state index < -0.39 is 0 Å². The van der Waals surface area contributed by atoms with Crippen LogP contribution in [0.1, 0.15) is 22.3 Å². The van der Waals surface area contributed by atoms with E-state index in [9.17, 15) is 4.79 Å². The topological polar surface area (TPSA) is 58.4 Å². The van der Waals surface area contributed by atoms with E-state index in [1.807, 2.05) is 34.0 Å². The van der Waals surface area contributed by atoms with Crippen molar-refractivity contribution in [3.05, 3.63) is 40.1 Å². The fraction of sp³-hybridized carbons (Fsp3) is 0.357. The maximum atomic E-state index is 11.7. The Morgan fingerprint density at radius 1 is 1.22 bits per heavy atom. The zero-order valence-corrected chi connectivity index (χ0v) is 11.7. The van der Waals surface area contributed by atoms with Gasteiger partial charge in [-0.3, -0.25) is 10.2 Å². The second-order valence-corrected chi connectivity index (χ2v) is 4.71. The first-order chi connectivity index (χ1) is 8.36. The number of likely N-dealkylation sites (N-methyl/N-ethyl adjacent to an activating group) is 1. The number of hydrogen-bond donors (Lipinski definition) is 2. The molecule has 0 aliphatic heterocycles. The Kier molecular flexibility index (Phi) is 4.50. The zero-order valence-electron chi connectivity index (χ0n) is 11.7. The van der Waals surface area contributed by atoms with Crippen molar-refractivity contribution in [1.82, 2.24) is 10.3 Å². The van der Waals surface area contributed by atoms with Crippen LogP contribution in [-0.4, -0.2) is 24.9 Å². The molecular formula is C14H21N3O. The summed E-state index contributed by atoms with van der Waals surface area (Å²) in [5.74, 6) is 4.91. The molecule has 4 heteroatoms. The minimum atomic E-state index is -0.292. The molecule has 1 rings (SSSR count). The Balaban J connectivity index is 3.33. The Morgan fingerprint density at radius 2 is 1.72 bits per heavy atom. The minimum absolute atomic E-state index is 0.292. The van der Waals surface area contributed by atoms with Crippen LogP contribution in [0.15, 0.2) is 17.8 Å². The predicted molar refractivity (Wildman–Crippen MR) is 74.6 cm³/mol. The van der Waals surface area contributed by atoms with Crippen LogP contribution < -0.4 is 11.3 Å². The summed E-state index contributed by atoms with van der Waals surface area (Å²) in [5.41, 5.74) is 7.28. The molecule has 1 aromatic carbocycles. The third kappa shape index (κ3) is 3.11. The van der Waals surface area contributed by atoms with Gasteiger partial charge in [0, 0.05) is 14.1 Å². The van der Waals surface area contributed by atoms with E-state index in [4.69, 9.17) is 5.84 Å². The van der Waals surface area contributed by atoms with Crippen molar-refractivity contribution in [2.75, 3.05) is 14.1 Å². The Hall–Kier alpha value is -1.81. The van der Waals surface area contributed by atoms with Crippen molar-refractivity contribution in [1.29, 1.82) is 0 Å². The lowest BCUT2D eigenvalue weighted by Crippen LogP contribution is -2.35. The van der Waals surface area contributed by atoms with Crippen LogP contribution in [0, 0.1) is 20.8 Å². The van der Waals surface area contributed by atoms with Crippen molar-refractivity contribution < 1.29 is 4.79 Å². The molecule has 0 saturated heterocycles. The van der Waals surface area contributed by atoms with Gasteiger partial charge in [0.1, 0.15) is 5.70 Å². The molecule has 0 bridgehead atoms. The van der Waals surface area contributed by atoms with Gasteiger partial charge in [0.15, 0.2) is 0 Å². The van der Waals surface area contributed by atoms with Gasteiger partial charge in [0.25, 0.3) is 5.91 Å². The van der Waals surface area contributed by atoms with Crippen molar-refractivity contribution >= 4 is 12.0 Å². The zero-order chi connectivity index (χ0) is 13.9. The number of nitrogens with zero attached hydrogens (tertiary/aromatic N) is 1. The lowest BCUT2D eigenvalue weighted by molar-refractivity contribution is -0.118. The first kappa shape index (κ1) is 14.3. The molecule has 0 fully saturated rings. The van der Waals surface area contributed by atoms with Crippen molar-refractivity contribution in [2.24, 2.45) is 5.84 Å². The number of hydrogen-bond acceptors (Lipinski definition) is 3. The molecular weight excluding hydrogens is 226 g/mol. The number of nitrogens with one attached hydrogen (secondary N) is 1. The van der Waals surface area contributed by atoms with E-state index in [0.717, 1.165) is 16.7 Å². The van der Waals surface area contributed by atoms with Gasteiger partial charge in [-0.1, -0.05) is 17.7 Å². The number of benzene rings is 1. The van der Waals surface area contributed by atoms with E-state index in [1.165, 1.54) is 5.56 Å². The van der Waals surface area contributed by atoms with Gasteiger partial charge < -0.3 is 4.90 Å². The number of nitrogens with two attached hydrogens (primary N) is 1. The molecule has 0 aliphatic carbocycles. The predicted octanol–water partition coefficient (Wildman–Crippen LogP) is 1.50. The highest BCUT2D eigenvalue weighted by Crippen LogP contribution is 2.20. The average Bonchev–Trinajstić information content (AvgIpc) is 2.26. The molecule has 0 spiro atoms. The molecule has 0 aliphatic rings. The summed E-state index contributed by atoms with van der Waals surface area (Å²) in [6.07, 6.45) is 1.87. The second-order valence-electron chi connectivity index (χ2n) is 4.71. The Labute approximate surface area is 108 Å². The van der Waals surface area contributed by atoms with Gasteiger partial charge in [-0.25, -0.2) is 5.84 Å². The van der Waals surface area contributed by atoms with Crippen molar-refractivity contribution in [2.45, 2.75) is 20.8 Å². The molecule has 0 aromatic heterocycles. The summed E-state index contributed by atoms with van der Waals surface area (Å²) in [6, 6.07) is 4.21. The second kappa shape index (κ2) is 5.69. The summed E-state index contributed by atoms with van der Waals surface area (Å²) >= 11 is 0. The molecule has 1 aromatic rings. The number of carbonyl (C=O) groups excluding carboxylic acids is 1. The maximum Gasteiger partial charge on any atom is 0.281 e. The van der Waals surface area contributed by atoms with Crippen LogP contribution in [-0.2, 0) is 4.79 Å². The van der Waals surface area contributed by atoms with Crippen LogP contribution in [0.2, 0.25) is 0 Å². The molecule has 0 unspecified atom stereocenters. The highest BCUT2D eigenvalue weighted by Gasteiger charge is 2.11. The van der Waals surface area contributed by atoms with Crippen LogP contribution in [0.3, 0.4) is 0 Å². The van der Waals surface area contributed by atoms with Crippen LogP contribution in [0.25, 0.3) is 6.08 Å². The molecule has 18 heavy (non-hydrogen) atoms. The number of aryl methyl sites for hydroxylation is 3. The summed E-state index contributed by atoms with van der Waals surface area (Å²) in [5, 5.41) is 0. The normalized spacial score (nSPS) is 11.3. The molecule has 98 valence electrons. The molecule has 4 nitrogen and oxygen atoms in total. The maximum absolute atomic E-state index is 11.7. The summed E-state index contributed by atoms with van der Waals surface area (Å²) < 4.78 is 0. The van der Waals surface area contributed by atoms with E-state index >= 15 is 0 Å². The van der Waals surface area contributed by atoms with Gasteiger partial charge in [0.05, 0.1) is 0 Å². The van der Waals surface area contributed by atoms with Gasteiger partial charge in [-0.2, -0.15) is 0 Å². The highest BCUT2D eigenvalue weighted by atomic mass is 16.2. The van der Waals surface area contributed by atoms with E-state index in [1.54, 1.807) is 4.90 Å². The Bertz CT molecular complexity index is 467. The highest BCUT2D eigenvalue weighted by molar-refractivity contribution is 5.97. The first-order valence-electron chi connectivity index (χ1n) is 5.84. The van der Waals surface area contributed by atoms with E-state index in [0.29, 0.717) is 5.70 Å². The SMILES string of the molecule is Cc1cc(C)c(/C=C(\C(=O)NN)N(C)C)c(C)c1. The van der Waals surface area contributed by atoms with Crippen molar-refractivity contribution in [3.63, 3.8) is 0 Å². The standard InChI is InChI=1S/C14H21N3O/c1-9-6-10(2)12(11(3)7-9)8-13(17(4)5)14(18)16-15/h6-8H,15H2,1-5H3,(H,16,18)/b13-8+. The fourth-order valence-electron chi connectivity index (χ4n) is 2.03. The van der Waals surface area contributed by atoms with E-state index in [-0.39, 0.29) is 5.91 Å². The third-order valence-electron chi connectivity index (χ3n) is 2.86. The summed E-state index contributed by atoms with van der Waals surface area (Å²) in [6.45, 7) is 6.14. The van der Waals surface area contributed by atoms with Crippen LogP contribution >= 0.6 is 0 Å². The third-order valence-corrected chi connectivity index (χ3v) is 2.86. The molecule has 0 atom stereocenters. The number of amides is 1. The quantitative estimate of drug-likeness (QED) is 0.368. The number of rotatable bonds is 3. The van der Waals surface area contributed by atoms with Gasteiger partial charge in [-0.05, 0) is 43.5 Å². The number of carbonyl (C=O) groups is 1. The molecule has 0 radical (unpaired) electrons.